The highest BCUT2D eigenvalue weighted by Gasteiger charge is 2.25. The van der Waals surface area contributed by atoms with Gasteiger partial charge in [-0.05, 0) is 25.5 Å². The molecule has 1 unspecified atom stereocenters. The van der Waals surface area contributed by atoms with E-state index in [0.717, 1.165) is 38.1 Å². The van der Waals surface area contributed by atoms with Crippen molar-refractivity contribution in [1.29, 1.82) is 0 Å². The molecule has 1 aliphatic rings. The molecule has 0 bridgehead atoms. The Morgan fingerprint density at radius 3 is 3.12 bits per heavy atom. The summed E-state index contributed by atoms with van der Waals surface area (Å²) in [5.41, 5.74) is 0.709. The van der Waals surface area contributed by atoms with E-state index < -0.39 is 0 Å². The molecule has 4 heteroatoms. The number of furan rings is 1. The Kier molecular flexibility index (Phi) is 3.84. The summed E-state index contributed by atoms with van der Waals surface area (Å²) in [6.07, 6.45) is 4.56. The number of aryl methyl sites for hydroxylation is 1. The van der Waals surface area contributed by atoms with Crippen molar-refractivity contribution < 1.29 is 9.21 Å². The molecule has 4 nitrogen and oxygen atoms in total. The molecule has 17 heavy (non-hydrogen) atoms. The number of rotatable bonds is 3. The molecule has 1 amide bonds. The number of nitrogens with one attached hydrogen (secondary N) is 1. The third-order valence-electron chi connectivity index (χ3n) is 3.44. The monoisotopic (exact) mass is 236 g/mol. The number of likely N-dealkylation sites (N-methyl/N-ethyl adjacent to an activating group) is 1. The van der Waals surface area contributed by atoms with E-state index in [4.69, 9.17) is 4.42 Å². The van der Waals surface area contributed by atoms with Gasteiger partial charge in [0.1, 0.15) is 5.76 Å². The molecular formula is C13H20N2O2. The first kappa shape index (κ1) is 12.2. The third-order valence-corrected chi connectivity index (χ3v) is 3.44. The van der Waals surface area contributed by atoms with E-state index in [9.17, 15) is 4.79 Å². The lowest BCUT2D eigenvalue weighted by molar-refractivity contribution is 0.0706. The maximum absolute atomic E-state index is 12.3. The lowest BCUT2D eigenvalue weighted by Gasteiger charge is -2.31. The van der Waals surface area contributed by atoms with Crippen LogP contribution in [0.3, 0.4) is 0 Å². The van der Waals surface area contributed by atoms with Crippen molar-refractivity contribution in [3.05, 3.63) is 23.7 Å². The van der Waals surface area contributed by atoms with Crippen molar-refractivity contribution in [2.24, 2.45) is 0 Å². The summed E-state index contributed by atoms with van der Waals surface area (Å²) in [6, 6.07) is 2.07. The Bertz CT molecular complexity index is 381. The smallest absolute Gasteiger partial charge is 0.257 e. The highest BCUT2D eigenvalue weighted by Crippen LogP contribution is 2.17. The number of carbonyl (C=O) groups excluding carboxylic acids is 1. The van der Waals surface area contributed by atoms with Crippen LogP contribution in [0.25, 0.3) is 0 Å². The molecule has 0 aromatic carbocycles. The molecule has 94 valence electrons. The van der Waals surface area contributed by atoms with Gasteiger partial charge in [0.05, 0.1) is 11.8 Å². The topological polar surface area (TPSA) is 45.5 Å². The Morgan fingerprint density at radius 2 is 2.47 bits per heavy atom. The van der Waals surface area contributed by atoms with Crippen LogP contribution in [0.4, 0.5) is 0 Å². The van der Waals surface area contributed by atoms with Gasteiger partial charge in [-0.3, -0.25) is 4.79 Å². The van der Waals surface area contributed by atoms with Gasteiger partial charge in [0.2, 0.25) is 0 Å². The first-order valence-corrected chi connectivity index (χ1v) is 6.28. The summed E-state index contributed by atoms with van der Waals surface area (Å²) >= 11 is 0. The molecule has 0 saturated carbocycles. The Hall–Kier alpha value is -1.29. The fourth-order valence-electron chi connectivity index (χ4n) is 2.32. The molecule has 0 aliphatic carbocycles. The van der Waals surface area contributed by atoms with Crippen LogP contribution in [0, 0.1) is 0 Å². The minimum absolute atomic E-state index is 0.0734. The number of hydrogen-bond donors (Lipinski definition) is 1. The van der Waals surface area contributed by atoms with Crippen molar-refractivity contribution in [2.75, 3.05) is 20.1 Å². The predicted octanol–water partition coefficient (Wildman–Crippen LogP) is 1.67. The number of carbonyl (C=O) groups is 1. The minimum atomic E-state index is 0.0734. The second kappa shape index (κ2) is 5.36. The lowest BCUT2D eigenvalue weighted by Crippen LogP contribution is -2.46. The molecule has 1 aromatic heterocycles. The highest BCUT2D eigenvalue weighted by atomic mass is 16.3. The van der Waals surface area contributed by atoms with Gasteiger partial charge < -0.3 is 14.6 Å². The van der Waals surface area contributed by atoms with Crippen molar-refractivity contribution in [3.63, 3.8) is 0 Å². The minimum Gasteiger partial charge on any atom is -0.469 e. The SMILES string of the molecule is CCc1occc1C(=O)N(C)C1CCCNC1. The zero-order chi connectivity index (χ0) is 12.3. The first-order chi connectivity index (χ1) is 8.24. The van der Waals surface area contributed by atoms with E-state index in [1.54, 1.807) is 12.3 Å². The van der Waals surface area contributed by atoms with Crippen LogP contribution in [0.2, 0.25) is 0 Å². The first-order valence-electron chi connectivity index (χ1n) is 6.28. The van der Waals surface area contributed by atoms with Crippen molar-refractivity contribution in [1.82, 2.24) is 10.2 Å². The molecule has 1 fully saturated rings. The summed E-state index contributed by atoms with van der Waals surface area (Å²) < 4.78 is 5.31. The van der Waals surface area contributed by atoms with Gasteiger partial charge in [0.25, 0.3) is 5.91 Å². The molecule has 2 rings (SSSR count). The van der Waals surface area contributed by atoms with Gasteiger partial charge in [-0.2, -0.15) is 0 Å². The fraction of sp³-hybridized carbons (Fsp3) is 0.615. The molecule has 1 N–H and O–H groups in total. The second-order valence-corrected chi connectivity index (χ2v) is 4.53. The molecule has 1 saturated heterocycles. The van der Waals surface area contributed by atoms with Crippen LogP contribution in [0.1, 0.15) is 35.9 Å². The van der Waals surface area contributed by atoms with Crippen molar-refractivity contribution in [3.8, 4) is 0 Å². The van der Waals surface area contributed by atoms with Crippen LogP contribution in [0.5, 0.6) is 0 Å². The van der Waals surface area contributed by atoms with Crippen LogP contribution in [-0.2, 0) is 6.42 Å². The normalized spacial score (nSPS) is 20.2. The van der Waals surface area contributed by atoms with Gasteiger partial charge in [-0.1, -0.05) is 6.92 Å². The summed E-state index contributed by atoms with van der Waals surface area (Å²) in [5.74, 6) is 0.856. The molecule has 1 aromatic rings. The average Bonchev–Trinajstić information content (AvgIpc) is 2.86. The van der Waals surface area contributed by atoms with Crippen LogP contribution < -0.4 is 5.32 Å². The van der Waals surface area contributed by atoms with E-state index >= 15 is 0 Å². The maximum Gasteiger partial charge on any atom is 0.257 e. The van der Waals surface area contributed by atoms with Crippen LogP contribution in [0.15, 0.2) is 16.7 Å². The van der Waals surface area contributed by atoms with Crippen LogP contribution >= 0.6 is 0 Å². The van der Waals surface area contributed by atoms with E-state index in [1.165, 1.54) is 0 Å². The van der Waals surface area contributed by atoms with Gasteiger partial charge >= 0.3 is 0 Å². The summed E-state index contributed by atoms with van der Waals surface area (Å²) in [6.45, 7) is 3.95. The van der Waals surface area contributed by atoms with Gasteiger partial charge in [0.15, 0.2) is 0 Å². The van der Waals surface area contributed by atoms with E-state index in [-0.39, 0.29) is 5.91 Å². The zero-order valence-corrected chi connectivity index (χ0v) is 10.5. The molecule has 2 heterocycles. The predicted molar refractivity (Wildman–Crippen MR) is 66.1 cm³/mol. The summed E-state index contributed by atoms with van der Waals surface area (Å²) in [7, 11) is 1.88. The third kappa shape index (κ3) is 2.52. The molecule has 1 aliphatic heterocycles. The average molecular weight is 236 g/mol. The largest absolute Gasteiger partial charge is 0.469 e. The Labute approximate surface area is 102 Å². The maximum atomic E-state index is 12.3. The molecule has 1 atom stereocenters. The second-order valence-electron chi connectivity index (χ2n) is 4.53. The number of hydrogen-bond acceptors (Lipinski definition) is 3. The highest BCUT2D eigenvalue weighted by molar-refractivity contribution is 5.95. The molecule has 0 radical (unpaired) electrons. The summed E-state index contributed by atoms with van der Waals surface area (Å²) in [4.78, 5) is 14.2. The molecule has 0 spiro atoms. The van der Waals surface area contributed by atoms with E-state index in [1.807, 2.05) is 18.9 Å². The summed E-state index contributed by atoms with van der Waals surface area (Å²) in [5, 5.41) is 3.33. The quantitative estimate of drug-likeness (QED) is 0.868. The Morgan fingerprint density at radius 1 is 1.65 bits per heavy atom. The lowest BCUT2D eigenvalue weighted by atomic mass is 10.1. The van der Waals surface area contributed by atoms with Gasteiger partial charge in [-0.15, -0.1) is 0 Å². The number of nitrogens with zero attached hydrogens (tertiary/aromatic N) is 1. The van der Waals surface area contributed by atoms with Gasteiger partial charge in [-0.25, -0.2) is 0 Å². The number of piperidine rings is 1. The fourth-order valence-corrected chi connectivity index (χ4v) is 2.32. The zero-order valence-electron chi connectivity index (χ0n) is 10.5. The van der Waals surface area contributed by atoms with Crippen molar-refractivity contribution >= 4 is 5.91 Å². The van der Waals surface area contributed by atoms with E-state index in [0.29, 0.717) is 11.6 Å². The van der Waals surface area contributed by atoms with Crippen molar-refractivity contribution in [2.45, 2.75) is 32.2 Å². The van der Waals surface area contributed by atoms with Crippen LogP contribution in [-0.4, -0.2) is 37.0 Å². The standard InChI is InChI=1S/C13H20N2O2/c1-3-12-11(6-8-17-12)13(16)15(2)10-5-4-7-14-9-10/h6,8,10,14H,3-5,7,9H2,1-2H3. The molecular weight excluding hydrogens is 216 g/mol. The Balaban J connectivity index is 2.08. The van der Waals surface area contributed by atoms with Gasteiger partial charge in [0, 0.05) is 26.1 Å². The van der Waals surface area contributed by atoms with E-state index in [2.05, 4.69) is 5.32 Å². The number of amides is 1.